The molecule has 0 bridgehead atoms. The van der Waals surface area contributed by atoms with Crippen molar-refractivity contribution in [3.63, 3.8) is 0 Å². The molecular weight excluding hydrogens is 238 g/mol. The molecule has 2 amide bonds. The fourth-order valence-electron chi connectivity index (χ4n) is 3.53. The lowest BCUT2D eigenvalue weighted by atomic mass is 9.91. The maximum Gasteiger partial charge on any atom is 0.320 e. The van der Waals surface area contributed by atoms with Crippen molar-refractivity contribution in [1.82, 2.24) is 14.7 Å². The Kier molecular flexibility index (Phi) is 4.26. The van der Waals surface area contributed by atoms with Gasteiger partial charge in [-0.15, -0.1) is 0 Å². The summed E-state index contributed by atoms with van der Waals surface area (Å²) in [4.78, 5) is 19.3. The zero-order chi connectivity index (χ0) is 13.1. The minimum absolute atomic E-state index is 0.301. The zero-order valence-corrected chi connectivity index (χ0v) is 12.0. The van der Waals surface area contributed by atoms with Gasteiger partial charge in [-0.2, -0.15) is 0 Å². The van der Waals surface area contributed by atoms with E-state index in [0.29, 0.717) is 6.03 Å². The Morgan fingerprint density at radius 1 is 0.684 bits per heavy atom. The molecule has 0 unspecified atom stereocenters. The Hall–Kier alpha value is -0.770. The van der Waals surface area contributed by atoms with Crippen LogP contribution in [-0.2, 0) is 0 Å². The van der Waals surface area contributed by atoms with Crippen LogP contribution in [0, 0.1) is 0 Å². The molecule has 108 valence electrons. The molecule has 3 aliphatic rings. The summed E-state index contributed by atoms with van der Waals surface area (Å²) in [6.45, 7) is 6.12. The molecule has 1 saturated carbocycles. The van der Waals surface area contributed by atoms with Crippen LogP contribution in [-0.4, -0.2) is 66.0 Å². The van der Waals surface area contributed by atoms with Crippen molar-refractivity contribution in [3.05, 3.63) is 0 Å². The Balaban J connectivity index is 1.51. The number of likely N-dealkylation sites (tertiary alicyclic amines) is 1. The van der Waals surface area contributed by atoms with Crippen molar-refractivity contribution in [1.29, 1.82) is 0 Å². The van der Waals surface area contributed by atoms with Crippen LogP contribution in [0.2, 0.25) is 0 Å². The maximum atomic E-state index is 12.5. The third-order valence-electron chi connectivity index (χ3n) is 5.02. The van der Waals surface area contributed by atoms with Gasteiger partial charge < -0.3 is 9.80 Å². The standard InChI is InChI=1S/C15H27N3O/c19-15(17-8-2-1-3-9-17)18-11-5-10-16(12-13-18)14-6-4-7-14/h14H,1-13H2. The second-order valence-electron chi connectivity index (χ2n) is 6.29. The molecule has 0 N–H and O–H groups in total. The number of hydrogen-bond acceptors (Lipinski definition) is 2. The van der Waals surface area contributed by atoms with Crippen LogP contribution >= 0.6 is 0 Å². The number of carbonyl (C=O) groups excluding carboxylic acids is 1. The highest BCUT2D eigenvalue weighted by Crippen LogP contribution is 2.25. The van der Waals surface area contributed by atoms with E-state index in [0.717, 1.165) is 45.2 Å². The van der Waals surface area contributed by atoms with Gasteiger partial charge in [-0.25, -0.2) is 4.79 Å². The van der Waals surface area contributed by atoms with Crippen LogP contribution in [0.5, 0.6) is 0 Å². The lowest BCUT2D eigenvalue weighted by Gasteiger charge is -2.37. The first-order valence-corrected chi connectivity index (χ1v) is 8.12. The first-order chi connectivity index (χ1) is 9.34. The number of nitrogens with zero attached hydrogens (tertiary/aromatic N) is 3. The number of hydrogen-bond donors (Lipinski definition) is 0. The van der Waals surface area contributed by atoms with Gasteiger partial charge in [-0.1, -0.05) is 6.42 Å². The van der Waals surface area contributed by atoms with Gasteiger partial charge in [0, 0.05) is 45.3 Å². The predicted octanol–water partition coefficient (Wildman–Crippen LogP) is 2.15. The van der Waals surface area contributed by atoms with E-state index in [2.05, 4.69) is 14.7 Å². The van der Waals surface area contributed by atoms with Crippen molar-refractivity contribution < 1.29 is 4.79 Å². The second kappa shape index (κ2) is 6.12. The van der Waals surface area contributed by atoms with Crippen LogP contribution in [0.15, 0.2) is 0 Å². The van der Waals surface area contributed by atoms with Crippen LogP contribution in [0.4, 0.5) is 4.79 Å². The molecule has 0 aromatic rings. The van der Waals surface area contributed by atoms with Crippen molar-refractivity contribution in [2.45, 2.75) is 51.0 Å². The van der Waals surface area contributed by atoms with Crippen molar-refractivity contribution in [2.75, 3.05) is 39.3 Å². The lowest BCUT2D eigenvalue weighted by molar-refractivity contribution is 0.124. The number of amides is 2. The topological polar surface area (TPSA) is 26.8 Å². The molecule has 3 fully saturated rings. The summed E-state index contributed by atoms with van der Waals surface area (Å²) in [5, 5.41) is 0. The second-order valence-corrected chi connectivity index (χ2v) is 6.29. The van der Waals surface area contributed by atoms with Crippen LogP contribution in [0.1, 0.15) is 44.9 Å². The van der Waals surface area contributed by atoms with E-state index in [1.165, 1.54) is 45.1 Å². The highest BCUT2D eigenvalue weighted by molar-refractivity contribution is 5.74. The Morgan fingerprint density at radius 2 is 1.37 bits per heavy atom. The third-order valence-corrected chi connectivity index (χ3v) is 5.02. The average Bonchev–Trinajstić information content (AvgIpc) is 2.63. The van der Waals surface area contributed by atoms with E-state index in [1.54, 1.807) is 0 Å². The summed E-state index contributed by atoms with van der Waals surface area (Å²) in [6, 6.07) is 1.13. The van der Waals surface area contributed by atoms with E-state index < -0.39 is 0 Å². The van der Waals surface area contributed by atoms with Crippen LogP contribution < -0.4 is 0 Å². The Morgan fingerprint density at radius 3 is 2.05 bits per heavy atom. The molecule has 0 spiro atoms. The average molecular weight is 265 g/mol. The quantitative estimate of drug-likeness (QED) is 0.726. The molecule has 0 atom stereocenters. The van der Waals surface area contributed by atoms with Crippen LogP contribution in [0.25, 0.3) is 0 Å². The van der Waals surface area contributed by atoms with Gasteiger partial charge in [-0.3, -0.25) is 4.90 Å². The van der Waals surface area contributed by atoms with Crippen molar-refractivity contribution in [2.24, 2.45) is 0 Å². The minimum Gasteiger partial charge on any atom is -0.325 e. The van der Waals surface area contributed by atoms with Gasteiger partial charge >= 0.3 is 6.03 Å². The fourth-order valence-corrected chi connectivity index (χ4v) is 3.53. The largest absolute Gasteiger partial charge is 0.325 e. The van der Waals surface area contributed by atoms with E-state index in [4.69, 9.17) is 0 Å². The van der Waals surface area contributed by atoms with E-state index in [9.17, 15) is 4.79 Å². The van der Waals surface area contributed by atoms with Crippen LogP contribution in [0.3, 0.4) is 0 Å². The molecule has 2 aliphatic heterocycles. The molecule has 2 heterocycles. The summed E-state index contributed by atoms with van der Waals surface area (Å²) in [5.74, 6) is 0. The van der Waals surface area contributed by atoms with Gasteiger partial charge in [0.15, 0.2) is 0 Å². The Bertz CT molecular complexity index is 311. The summed E-state index contributed by atoms with van der Waals surface area (Å²) >= 11 is 0. The molecule has 4 nitrogen and oxygen atoms in total. The highest BCUT2D eigenvalue weighted by Gasteiger charge is 2.29. The van der Waals surface area contributed by atoms with Gasteiger partial charge in [0.2, 0.25) is 0 Å². The first kappa shape index (κ1) is 13.2. The smallest absolute Gasteiger partial charge is 0.320 e. The van der Waals surface area contributed by atoms with Gasteiger partial charge in [0.1, 0.15) is 0 Å². The highest BCUT2D eigenvalue weighted by atomic mass is 16.2. The molecule has 1 aliphatic carbocycles. The normalized spacial score (nSPS) is 26.9. The maximum absolute atomic E-state index is 12.5. The minimum atomic E-state index is 0.301. The van der Waals surface area contributed by atoms with E-state index in [-0.39, 0.29) is 0 Å². The molecule has 3 rings (SSSR count). The first-order valence-electron chi connectivity index (χ1n) is 8.12. The zero-order valence-electron chi connectivity index (χ0n) is 12.0. The lowest BCUT2D eigenvalue weighted by Crippen LogP contribution is -2.47. The van der Waals surface area contributed by atoms with E-state index >= 15 is 0 Å². The summed E-state index contributed by atoms with van der Waals surface area (Å²) in [6.07, 6.45) is 8.97. The van der Waals surface area contributed by atoms with Crippen molar-refractivity contribution >= 4 is 6.03 Å². The van der Waals surface area contributed by atoms with E-state index in [1.807, 2.05) is 0 Å². The number of piperidine rings is 1. The third kappa shape index (κ3) is 3.04. The van der Waals surface area contributed by atoms with Crippen molar-refractivity contribution in [3.8, 4) is 0 Å². The molecule has 19 heavy (non-hydrogen) atoms. The molecule has 2 saturated heterocycles. The fraction of sp³-hybridized carbons (Fsp3) is 0.933. The molecule has 4 heteroatoms. The predicted molar refractivity (Wildman–Crippen MR) is 76.2 cm³/mol. The van der Waals surface area contributed by atoms with Gasteiger partial charge in [0.05, 0.1) is 0 Å². The SMILES string of the molecule is O=C(N1CCCCC1)N1CCCN(C2CCC2)CC1. The van der Waals surface area contributed by atoms with Gasteiger partial charge in [-0.05, 0) is 38.5 Å². The summed E-state index contributed by atoms with van der Waals surface area (Å²) < 4.78 is 0. The molecule has 0 aromatic carbocycles. The van der Waals surface area contributed by atoms with Gasteiger partial charge in [0.25, 0.3) is 0 Å². The molecule has 0 aromatic heterocycles. The number of urea groups is 1. The Labute approximate surface area is 116 Å². The number of carbonyl (C=O) groups is 1. The summed E-state index contributed by atoms with van der Waals surface area (Å²) in [7, 11) is 0. The molecular formula is C15H27N3O. The number of rotatable bonds is 1. The summed E-state index contributed by atoms with van der Waals surface area (Å²) in [5.41, 5.74) is 0. The monoisotopic (exact) mass is 265 g/mol. The molecule has 0 radical (unpaired) electrons.